The molecule has 10 nitrogen and oxygen atoms in total. The molecule has 176 valence electrons. The first-order valence-corrected chi connectivity index (χ1v) is 11.6. The summed E-state index contributed by atoms with van der Waals surface area (Å²) >= 11 is 0. The number of hydrogen-bond donors (Lipinski definition) is 1. The lowest BCUT2D eigenvalue weighted by Crippen LogP contribution is -2.35. The van der Waals surface area contributed by atoms with Gasteiger partial charge in [0.1, 0.15) is 0 Å². The van der Waals surface area contributed by atoms with E-state index in [1.807, 2.05) is 0 Å². The Labute approximate surface area is 189 Å². The van der Waals surface area contributed by atoms with Gasteiger partial charge in [-0.1, -0.05) is 12.5 Å². The van der Waals surface area contributed by atoms with E-state index in [-0.39, 0.29) is 16.1 Å². The zero-order valence-corrected chi connectivity index (χ0v) is 18.6. The maximum absolute atomic E-state index is 13.4. The number of esters is 1. The first-order valence-electron chi connectivity index (χ1n) is 10.1. The second kappa shape index (κ2) is 10.0. The number of halogens is 1. The Morgan fingerprint density at radius 1 is 1.15 bits per heavy atom. The Bertz CT molecular complexity index is 1190. The number of nitrogens with one attached hydrogen (secondary N) is 1. The molecule has 1 aliphatic rings. The Hall–Kier alpha value is -3.38. The molecule has 2 aromatic rings. The number of nitro benzene ring substituents is 1. The molecule has 0 radical (unpaired) electrons. The number of hydrogen-bond acceptors (Lipinski definition) is 7. The number of ether oxygens (including phenoxy) is 1. The van der Waals surface area contributed by atoms with Crippen molar-refractivity contribution in [1.29, 1.82) is 0 Å². The first kappa shape index (κ1) is 24.3. The third kappa shape index (κ3) is 5.71. The van der Waals surface area contributed by atoms with E-state index in [1.54, 1.807) is 6.92 Å². The highest BCUT2D eigenvalue weighted by Gasteiger charge is 2.27. The van der Waals surface area contributed by atoms with E-state index < -0.39 is 44.9 Å². The van der Waals surface area contributed by atoms with E-state index in [4.69, 9.17) is 4.74 Å². The standard InChI is InChI=1S/C21H22FN3O7S/c1-14-5-7-16(33(30,31)24-9-3-2-4-10-24)12-17(14)21(27)32-13-20(26)23-15-6-8-18(22)19(11-15)25(28)29/h5-8,11-12H,2-4,9-10,13H2,1H3,(H,23,26). The van der Waals surface area contributed by atoms with Crippen LogP contribution in [0.25, 0.3) is 0 Å². The summed E-state index contributed by atoms with van der Waals surface area (Å²) in [5, 5.41) is 13.1. The van der Waals surface area contributed by atoms with Crippen LogP contribution in [0.1, 0.15) is 35.2 Å². The summed E-state index contributed by atoms with van der Waals surface area (Å²) in [6.45, 7) is 1.70. The molecule has 0 bridgehead atoms. The topological polar surface area (TPSA) is 136 Å². The van der Waals surface area contributed by atoms with Gasteiger partial charge in [-0.2, -0.15) is 8.70 Å². The van der Waals surface area contributed by atoms with Gasteiger partial charge in [0.25, 0.3) is 5.91 Å². The summed E-state index contributed by atoms with van der Waals surface area (Å²) in [5.74, 6) is -2.76. The van der Waals surface area contributed by atoms with Gasteiger partial charge in [0, 0.05) is 24.8 Å². The predicted octanol–water partition coefficient (Wildman–Crippen LogP) is 3.01. The molecule has 0 aromatic heterocycles. The van der Waals surface area contributed by atoms with Crippen LogP contribution in [0, 0.1) is 22.9 Å². The molecule has 0 saturated carbocycles. The van der Waals surface area contributed by atoms with E-state index in [0.717, 1.165) is 37.5 Å². The van der Waals surface area contributed by atoms with Gasteiger partial charge in [-0.05, 0) is 49.6 Å². The second-order valence-corrected chi connectivity index (χ2v) is 9.43. The van der Waals surface area contributed by atoms with Crippen LogP contribution >= 0.6 is 0 Å². The summed E-state index contributed by atoms with van der Waals surface area (Å²) < 4.78 is 45.5. The number of anilines is 1. The number of carbonyl (C=O) groups is 2. The zero-order valence-electron chi connectivity index (χ0n) is 17.7. The molecule has 0 aliphatic carbocycles. The number of nitrogens with zero attached hydrogens (tertiary/aromatic N) is 2. The van der Waals surface area contributed by atoms with E-state index >= 15 is 0 Å². The minimum absolute atomic E-state index is 0.00157. The van der Waals surface area contributed by atoms with Crippen molar-refractivity contribution in [1.82, 2.24) is 4.31 Å². The molecular formula is C21H22FN3O7S. The monoisotopic (exact) mass is 479 g/mol. The largest absolute Gasteiger partial charge is 0.452 e. The third-order valence-electron chi connectivity index (χ3n) is 5.14. The maximum Gasteiger partial charge on any atom is 0.338 e. The molecule has 1 N–H and O–H groups in total. The van der Waals surface area contributed by atoms with E-state index in [1.165, 1.54) is 22.5 Å². The van der Waals surface area contributed by atoms with E-state index in [2.05, 4.69) is 5.32 Å². The van der Waals surface area contributed by atoms with E-state index in [0.29, 0.717) is 18.7 Å². The van der Waals surface area contributed by atoms with Crippen molar-refractivity contribution < 1.29 is 32.1 Å². The summed E-state index contributed by atoms with van der Waals surface area (Å²) in [6, 6.07) is 6.94. The van der Waals surface area contributed by atoms with Crippen molar-refractivity contribution in [2.24, 2.45) is 0 Å². The molecule has 3 rings (SSSR count). The first-order chi connectivity index (χ1) is 15.6. The summed E-state index contributed by atoms with van der Waals surface area (Å²) in [6.07, 6.45) is 2.50. The molecule has 1 saturated heterocycles. The fourth-order valence-electron chi connectivity index (χ4n) is 3.37. The lowest BCUT2D eigenvalue weighted by atomic mass is 10.1. The minimum Gasteiger partial charge on any atom is -0.452 e. The van der Waals surface area contributed by atoms with Crippen molar-refractivity contribution >= 4 is 33.3 Å². The molecule has 1 amide bonds. The number of nitro groups is 1. The van der Waals surface area contributed by atoms with Crippen molar-refractivity contribution in [2.75, 3.05) is 25.0 Å². The Balaban J connectivity index is 1.68. The smallest absolute Gasteiger partial charge is 0.338 e. The number of benzene rings is 2. The van der Waals surface area contributed by atoms with Crippen molar-refractivity contribution in [2.45, 2.75) is 31.1 Å². The van der Waals surface area contributed by atoms with Crippen molar-refractivity contribution in [3.8, 4) is 0 Å². The van der Waals surface area contributed by atoms with Crippen LogP contribution in [0.2, 0.25) is 0 Å². The van der Waals surface area contributed by atoms with Crippen LogP contribution in [0.3, 0.4) is 0 Å². The number of aryl methyl sites for hydroxylation is 1. The molecule has 1 heterocycles. The van der Waals surface area contributed by atoms with Crippen LogP contribution in [-0.2, 0) is 19.6 Å². The SMILES string of the molecule is Cc1ccc(S(=O)(=O)N2CCCCC2)cc1C(=O)OCC(=O)Nc1ccc(F)c([N+](=O)[O-])c1. The highest BCUT2D eigenvalue weighted by atomic mass is 32.2. The van der Waals surface area contributed by atoms with Crippen LogP contribution in [0.15, 0.2) is 41.3 Å². The molecular weight excluding hydrogens is 457 g/mol. The normalized spacial score (nSPS) is 14.5. The fraction of sp³-hybridized carbons (Fsp3) is 0.333. The molecule has 12 heteroatoms. The van der Waals surface area contributed by atoms with Crippen LogP contribution in [0.4, 0.5) is 15.8 Å². The van der Waals surface area contributed by atoms with Gasteiger partial charge in [0.05, 0.1) is 15.4 Å². The quantitative estimate of drug-likeness (QED) is 0.366. The van der Waals surface area contributed by atoms with Gasteiger partial charge in [0.15, 0.2) is 6.61 Å². The van der Waals surface area contributed by atoms with Crippen LogP contribution < -0.4 is 5.32 Å². The van der Waals surface area contributed by atoms with Crippen LogP contribution in [-0.4, -0.2) is 49.2 Å². The van der Waals surface area contributed by atoms with Gasteiger partial charge < -0.3 is 10.1 Å². The molecule has 33 heavy (non-hydrogen) atoms. The van der Waals surface area contributed by atoms with E-state index in [9.17, 15) is 32.5 Å². The Morgan fingerprint density at radius 3 is 2.52 bits per heavy atom. The summed E-state index contributed by atoms with van der Waals surface area (Å²) in [4.78, 5) is 34.4. The van der Waals surface area contributed by atoms with Gasteiger partial charge in [-0.3, -0.25) is 14.9 Å². The van der Waals surface area contributed by atoms with Crippen molar-refractivity contribution in [3.05, 3.63) is 63.5 Å². The molecule has 0 unspecified atom stereocenters. The lowest BCUT2D eigenvalue weighted by molar-refractivity contribution is -0.387. The second-order valence-electron chi connectivity index (χ2n) is 7.49. The Morgan fingerprint density at radius 2 is 1.85 bits per heavy atom. The third-order valence-corrected chi connectivity index (χ3v) is 7.04. The molecule has 1 fully saturated rings. The number of piperidine rings is 1. The number of rotatable bonds is 7. The lowest BCUT2D eigenvalue weighted by Gasteiger charge is -2.26. The maximum atomic E-state index is 13.4. The van der Waals surface area contributed by atoms with Gasteiger partial charge in [-0.15, -0.1) is 0 Å². The molecule has 2 aromatic carbocycles. The van der Waals surface area contributed by atoms with Gasteiger partial charge >= 0.3 is 11.7 Å². The average Bonchev–Trinajstić information content (AvgIpc) is 2.79. The van der Waals surface area contributed by atoms with Gasteiger partial charge in [-0.25, -0.2) is 13.2 Å². The summed E-state index contributed by atoms with van der Waals surface area (Å²) in [7, 11) is -3.76. The highest BCUT2D eigenvalue weighted by molar-refractivity contribution is 7.89. The van der Waals surface area contributed by atoms with Crippen LogP contribution in [0.5, 0.6) is 0 Å². The highest BCUT2D eigenvalue weighted by Crippen LogP contribution is 2.24. The van der Waals surface area contributed by atoms with Gasteiger partial charge in [0.2, 0.25) is 15.8 Å². The summed E-state index contributed by atoms with van der Waals surface area (Å²) in [5.41, 5.74) is -0.396. The Kier molecular flexibility index (Phi) is 7.39. The fourth-order valence-corrected chi connectivity index (χ4v) is 4.92. The van der Waals surface area contributed by atoms with Crippen molar-refractivity contribution in [3.63, 3.8) is 0 Å². The molecule has 0 atom stereocenters. The minimum atomic E-state index is -3.76. The molecule has 0 spiro atoms. The number of carbonyl (C=O) groups excluding carboxylic acids is 2. The molecule has 1 aliphatic heterocycles. The average molecular weight is 479 g/mol. The zero-order chi connectivity index (χ0) is 24.2. The number of amides is 1. The number of sulfonamides is 1. The predicted molar refractivity (Wildman–Crippen MR) is 116 cm³/mol.